The Labute approximate surface area is 141 Å². The summed E-state index contributed by atoms with van der Waals surface area (Å²) in [6.07, 6.45) is 2.61. The molecule has 0 saturated heterocycles. The normalized spacial score (nSPS) is 12.3. The van der Waals surface area contributed by atoms with Gasteiger partial charge < -0.3 is 4.90 Å². The van der Waals surface area contributed by atoms with Crippen LogP contribution in [0.15, 0.2) is 46.8 Å². The number of aryl methyl sites for hydroxylation is 1. The first-order valence-corrected chi connectivity index (χ1v) is 9.76. The Hall–Kier alpha value is -1.63. The van der Waals surface area contributed by atoms with Crippen LogP contribution in [0.4, 0.5) is 0 Å². The zero-order valence-electron chi connectivity index (χ0n) is 13.5. The van der Waals surface area contributed by atoms with Crippen molar-refractivity contribution in [3.05, 3.63) is 53.0 Å². The van der Waals surface area contributed by atoms with Gasteiger partial charge in [0.25, 0.3) is 10.0 Å². The Morgan fingerprint density at radius 2 is 2.00 bits per heavy atom. The molecule has 0 aliphatic carbocycles. The van der Waals surface area contributed by atoms with E-state index in [1.54, 1.807) is 24.4 Å². The molecule has 0 aliphatic rings. The maximum atomic E-state index is 13.0. The van der Waals surface area contributed by atoms with Crippen LogP contribution >= 0.6 is 11.3 Å². The van der Waals surface area contributed by atoms with Crippen LogP contribution in [0.1, 0.15) is 11.1 Å². The topological polar surface area (TPSA) is 42.3 Å². The summed E-state index contributed by atoms with van der Waals surface area (Å²) in [6.45, 7) is 2.79. The molecule has 0 unspecified atom stereocenters. The zero-order valence-corrected chi connectivity index (χ0v) is 15.1. The van der Waals surface area contributed by atoms with Gasteiger partial charge in [0, 0.05) is 18.1 Å². The van der Waals surface area contributed by atoms with Gasteiger partial charge in [-0.25, -0.2) is 12.4 Å². The van der Waals surface area contributed by atoms with Gasteiger partial charge in [-0.15, -0.1) is 11.3 Å². The molecule has 3 rings (SSSR count). The van der Waals surface area contributed by atoms with E-state index in [-0.39, 0.29) is 0 Å². The van der Waals surface area contributed by atoms with Crippen molar-refractivity contribution in [3.63, 3.8) is 0 Å². The smallest absolute Gasteiger partial charge is 0.268 e. The lowest BCUT2D eigenvalue weighted by Gasteiger charge is -2.08. The maximum absolute atomic E-state index is 13.0. The summed E-state index contributed by atoms with van der Waals surface area (Å²) in [5.74, 6) is 0. The van der Waals surface area contributed by atoms with E-state index >= 15 is 0 Å². The van der Waals surface area contributed by atoms with Gasteiger partial charge in [-0.1, -0.05) is 12.1 Å². The van der Waals surface area contributed by atoms with E-state index in [9.17, 15) is 8.42 Å². The molecule has 0 spiro atoms. The third-order valence-electron chi connectivity index (χ3n) is 3.84. The van der Waals surface area contributed by atoms with Gasteiger partial charge in [0.05, 0.1) is 4.90 Å². The molecule has 0 bridgehead atoms. The van der Waals surface area contributed by atoms with Crippen molar-refractivity contribution in [2.75, 3.05) is 20.6 Å². The predicted octanol–water partition coefficient (Wildman–Crippen LogP) is 3.35. The minimum absolute atomic E-state index is 0.335. The molecule has 0 fully saturated rings. The first-order valence-electron chi connectivity index (χ1n) is 7.44. The fourth-order valence-corrected chi connectivity index (χ4v) is 5.23. The van der Waals surface area contributed by atoms with Crippen molar-refractivity contribution in [1.29, 1.82) is 0 Å². The van der Waals surface area contributed by atoms with Crippen molar-refractivity contribution < 1.29 is 8.42 Å². The fourth-order valence-electron chi connectivity index (χ4n) is 2.60. The molecule has 0 N–H and O–H groups in total. The lowest BCUT2D eigenvalue weighted by atomic mass is 10.2. The van der Waals surface area contributed by atoms with Gasteiger partial charge in [0.15, 0.2) is 0 Å². The number of thiophene rings is 1. The molecule has 0 aliphatic heterocycles. The van der Waals surface area contributed by atoms with Crippen molar-refractivity contribution in [1.82, 2.24) is 8.87 Å². The molecule has 1 aromatic carbocycles. The summed E-state index contributed by atoms with van der Waals surface area (Å²) >= 11 is 1.46. The van der Waals surface area contributed by atoms with Gasteiger partial charge in [-0.3, -0.25) is 0 Å². The highest BCUT2D eigenvalue weighted by Crippen LogP contribution is 2.30. The second-order valence-corrected chi connectivity index (χ2v) is 8.67. The van der Waals surface area contributed by atoms with Crippen LogP contribution in [-0.4, -0.2) is 37.9 Å². The number of nitrogens with zero attached hydrogens (tertiary/aromatic N) is 2. The summed E-state index contributed by atoms with van der Waals surface area (Å²) in [6, 6.07) is 9.06. The molecule has 23 heavy (non-hydrogen) atoms. The van der Waals surface area contributed by atoms with Crippen molar-refractivity contribution >= 4 is 31.6 Å². The SMILES string of the molecule is Cc1cccc(S(=O)(=O)n2cc(CCN(C)C)c3ccsc32)c1. The standard InChI is InChI=1S/C17H20N2O2S2/c1-13-5-4-6-15(11-13)23(20,21)19-12-14(7-9-18(2)3)16-8-10-22-17(16)19/h4-6,8,10-12H,7,9H2,1-3H3. The van der Waals surface area contributed by atoms with E-state index in [4.69, 9.17) is 0 Å². The van der Waals surface area contributed by atoms with Crippen molar-refractivity contribution in [2.45, 2.75) is 18.2 Å². The molecule has 0 amide bonds. The van der Waals surface area contributed by atoms with E-state index in [1.807, 2.05) is 38.5 Å². The Morgan fingerprint density at radius 1 is 1.22 bits per heavy atom. The number of rotatable bonds is 5. The lowest BCUT2D eigenvalue weighted by molar-refractivity contribution is 0.414. The number of benzene rings is 1. The van der Waals surface area contributed by atoms with Crippen LogP contribution in [0.25, 0.3) is 10.2 Å². The second kappa shape index (κ2) is 6.11. The number of aromatic nitrogens is 1. The van der Waals surface area contributed by atoms with Crippen LogP contribution in [0, 0.1) is 6.92 Å². The average Bonchev–Trinajstić information content (AvgIpc) is 3.07. The quantitative estimate of drug-likeness (QED) is 0.710. The highest BCUT2D eigenvalue weighted by molar-refractivity contribution is 7.90. The van der Waals surface area contributed by atoms with Gasteiger partial charge in [-0.2, -0.15) is 0 Å². The molecular weight excluding hydrogens is 328 g/mol. The second-order valence-electron chi connectivity index (χ2n) is 5.96. The predicted molar refractivity (Wildman–Crippen MR) is 95.8 cm³/mol. The fraction of sp³-hybridized carbons (Fsp3) is 0.294. The third kappa shape index (κ3) is 3.06. The van der Waals surface area contributed by atoms with Crippen LogP contribution in [-0.2, 0) is 16.4 Å². The van der Waals surface area contributed by atoms with Gasteiger partial charge in [0.2, 0.25) is 0 Å². The van der Waals surface area contributed by atoms with E-state index in [1.165, 1.54) is 15.3 Å². The Balaban J connectivity index is 2.11. The van der Waals surface area contributed by atoms with Crippen LogP contribution in [0.3, 0.4) is 0 Å². The van der Waals surface area contributed by atoms with Crippen molar-refractivity contribution in [2.24, 2.45) is 0 Å². The van der Waals surface area contributed by atoms with E-state index in [0.29, 0.717) is 4.90 Å². The van der Waals surface area contributed by atoms with Gasteiger partial charge in [-0.05, 0) is 62.1 Å². The monoisotopic (exact) mass is 348 g/mol. The Bertz CT molecular complexity index is 937. The molecule has 0 radical (unpaired) electrons. The van der Waals surface area contributed by atoms with Gasteiger partial charge in [0.1, 0.15) is 4.83 Å². The minimum atomic E-state index is -3.56. The number of fused-ring (bicyclic) bond motifs is 1. The molecule has 2 aromatic heterocycles. The minimum Gasteiger partial charge on any atom is -0.309 e. The van der Waals surface area contributed by atoms with Gasteiger partial charge >= 0.3 is 0 Å². The molecule has 4 nitrogen and oxygen atoms in total. The molecule has 0 saturated carbocycles. The largest absolute Gasteiger partial charge is 0.309 e. The van der Waals surface area contributed by atoms with Crippen molar-refractivity contribution in [3.8, 4) is 0 Å². The first kappa shape index (κ1) is 16.2. The molecule has 122 valence electrons. The number of likely N-dealkylation sites (N-methyl/N-ethyl adjacent to an activating group) is 1. The summed E-state index contributed by atoms with van der Waals surface area (Å²) in [4.78, 5) is 3.23. The summed E-state index contributed by atoms with van der Waals surface area (Å²) in [5, 5.41) is 2.99. The summed E-state index contributed by atoms with van der Waals surface area (Å²) in [7, 11) is 0.476. The summed E-state index contributed by atoms with van der Waals surface area (Å²) < 4.78 is 27.5. The molecule has 6 heteroatoms. The maximum Gasteiger partial charge on any atom is 0.268 e. The summed E-state index contributed by atoms with van der Waals surface area (Å²) in [5.41, 5.74) is 2.01. The van der Waals surface area contributed by atoms with Crippen LogP contribution < -0.4 is 0 Å². The lowest BCUT2D eigenvalue weighted by Crippen LogP contribution is -2.15. The first-order chi connectivity index (χ1) is 10.9. The number of hydrogen-bond donors (Lipinski definition) is 0. The van der Waals surface area contributed by atoms with Crippen LogP contribution in [0.2, 0.25) is 0 Å². The average molecular weight is 348 g/mol. The molecule has 2 heterocycles. The third-order valence-corrected chi connectivity index (χ3v) is 6.52. The van der Waals surface area contributed by atoms with Crippen LogP contribution in [0.5, 0.6) is 0 Å². The van der Waals surface area contributed by atoms with E-state index < -0.39 is 10.0 Å². The Kier molecular flexibility index (Phi) is 4.31. The zero-order chi connectivity index (χ0) is 16.6. The Morgan fingerprint density at radius 3 is 2.70 bits per heavy atom. The van der Waals surface area contributed by atoms with E-state index in [0.717, 1.165) is 34.3 Å². The highest BCUT2D eigenvalue weighted by Gasteiger charge is 2.22. The highest BCUT2D eigenvalue weighted by atomic mass is 32.2. The van der Waals surface area contributed by atoms with E-state index in [2.05, 4.69) is 4.90 Å². The number of hydrogen-bond acceptors (Lipinski definition) is 4. The molecule has 3 aromatic rings. The molecule has 0 atom stereocenters. The molecular formula is C17H20N2O2S2.